The molecule has 7 nitrogen and oxygen atoms in total. The van der Waals surface area contributed by atoms with Crippen LogP contribution in [0.2, 0.25) is 5.02 Å². The third-order valence-electron chi connectivity index (χ3n) is 9.01. The maximum Gasteiger partial charge on any atom is 0.253 e. The number of hydrogen-bond acceptors (Lipinski definition) is 5. The van der Waals surface area contributed by atoms with Crippen LogP contribution in [0.15, 0.2) is 18.2 Å². The quantitative estimate of drug-likeness (QED) is 0.580. The minimum atomic E-state index is -0.0625. The van der Waals surface area contributed by atoms with Crippen molar-refractivity contribution in [3.8, 4) is 0 Å². The zero-order valence-corrected chi connectivity index (χ0v) is 21.2. The summed E-state index contributed by atoms with van der Waals surface area (Å²) in [6.07, 6.45) is 7.91. The lowest BCUT2D eigenvalue weighted by molar-refractivity contribution is -0.133. The molecule has 2 amide bonds. The number of hydrogen-bond donors (Lipinski definition) is 3. The smallest absolute Gasteiger partial charge is 0.253 e. The molecule has 0 spiro atoms. The molecule has 35 heavy (non-hydrogen) atoms. The van der Waals surface area contributed by atoms with E-state index >= 15 is 0 Å². The van der Waals surface area contributed by atoms with Gasteiger partial charge in [-0.05, 0) is 81.5 Å². The molecule has 1 aromatic carbocycles. The van der Waals surface area contributed by atoms with Crippen LogP contribution >= 0.6 is 11.6 Å². The number of benzene rings is 1. The highest BCUT2D eigenvalue weighted by Crippen LogP contribution is 2.39. The average molecular weight is 500 g/mol. The molecule has 1 aromatic rings. The van der Waals surface area contributed by atoms with Gasteiger partial charge in [0.15, 0.2) is 0 Å². The van der Waals surface area contributed by atoms with E-state index in [1.165, 1.54) is 12.8 Å². The number of nitrogens with zero attached hydrogens (tertiary/aromatic N) is 2. The third-order valence-corrected chi connectivity index (χ3v) is 9.32. The molecule has 5 aliphatic rings. The summed E-state index contributed by atoms with van der Waals surface area (Å²) in [6.45, 7) is 6.18. The van der Waals surface area contributed by atoms with Gasteiger partial charge in [0.2, 0.25) is 5.91 Å². The van der Waals surface area contributed by atoms with Crippen LogP contribution in [0.4, 0.5) is 5.69 Å². The second-order valence-electron chi connectivity index (χ2n) is 11.4. The van der Waals surface area contributed by atoms with E-state index in [0.717, 1.165) is 77.1 Å². The van der Waals surface area contributed by atoms with Gasteiger partial charge in [0.05, 0.1) is 16.5 Å². The Kier molecular flexibility index (Phi) is 6.67. The lowest BCUT2D eigenvalue weighted by atomic mass is 9.67. The molecule has 5 unspecified atom stereocenters. The first-order valence-electron chi connectivity index (χ1n) is 13.7. The van der Waals surface area contributed by atoms with Crippen LogP contribution in [0.3, 0.4) is 0 Å². The molecule has 190 valence electrons. The summed E-state index contributed by atoms with van der Waals surface area (Å²) in [5.41, 5.74) is 1.67. The summed E-state index contributed by atoms with van der Waals surface area (Å²) >= 11 is 6.48. The predicted octanol–water partition coefficient (Wildman–Crippen LogP) is 2.64. The number of rotatable bonds is 5. The summed E-state index contributed by atoms with van der Waals surface area (Å²) < 4.78 is 0. The minimum Gasteiger partial charge on any atom is -0.369 e. The fourth-order valence-corrected chi connectivity index (χ4v) is 7.18. The number of amides is 2. The van der Waals surface area contributed by atoms with Crippen LogP contribution in [0, 0.1) is 17.8 Å². The highest BCUT2D eigenvalue weighted by Gasteiger charge is 2.47. The van der Waals surface area contributed by atoms with Crippen LogP contribution in [0.1, 0.15) is 55.3 Å². The molecule has 2 aliphatic carbocycles. The van der Waals surface area contributed by atoms with Gasteiger partial charge in [0.1, 0.15) is 0 Å². The lowest BCUT2D eigenvalue weighted by Crippen LogP contribution is -2.64. The molecule has 3 aliphatic heterocycles. The normalized spacial score (nSPS) is 33.5. The molecule has 0 aromatic heterocycles. The second-order valence-corrected chi connectivity index (χ2v) is 11.8. The average Bonchev–Trinajstić information content (AvgIpc) is 3.68. The monoisotopic (exact) mass is 499 g/mol. The maximum absolute atomic E-state index is 12.7. The number of halogens is 1. The Morgan fingerprint density at radius 1 is 1.09 bits per heavy atom. The van der Waals surface area contributed by atoms with E-state index in [9.17, 15) is 9.59 Å². The molecule has 5 atom stereocenters. The van der Waals surface area contributed by atoms with Crippen LogP contribution in [0.5, 0.6) is 0 Å². The van der Waals surface area contributed by atoms with Crippen molar-refractivity contribution >= 4 is 29.1 Å². The van der Waals surface area contributed by atoms with Gasteiger partial charge < -0.3 is 20.9 Å². The fourth-order valence-electron chi connectivity index (χ4n) is 6.92. The Labute approximate surface area is 213 Å². The van der Waals surface area contributed by atoms with Crippen molar-refractivity contribution in [2.45, 2.75) is 63.1 Å². The van der Waals surface area contributed by atoms with E-state index in [0.29, 0.717) is 40.5 Å². The Morgan fingerprint density at radius 3 is 2.69 bits per heavy atom. The van der Waals surface area contributed by atoms with Crippen molar-refractivity contribution in [2.75, 3.05) is 44.2 Å². The Bertz CT molecular complexity index is 961. The highest BCUT2D eigenvalue weighted by molar-refractivity contribution is 6.34. The van der Waals surface area contributed by atoms with Crippen LogP contribution in [-0.4, -0.2) is 74.1 Å². The van der Waals surface area contributed by atoms with E-state index < -0.39 is 0 Å². The molecule has 3 N–H and O–H groups in total. The molecule has 2 saturated carbocycles. The molecule has 5 fully saturated rings. The fraction of sp³-hybridized carbons (Fsp3) is 0.704. The summed E-state index contributed by atoms with van der Waals surface area (Å²) in [5.74, 6) is 1.66. The molecule has 8 heteroatoms. The van der Waals surface area contributed by atoms with Crippen molar-refractivity contribution in [3.63, 3.8) is 0 Å². The second kappa shape index (κ2) is 9.91. The van der Waals surface area contributed by atoms with Gasteiger partial charge in [-0.1, -0.05) is 11.6 Å². The predicted molar refractivity (Wildman–Crippen MR) is 138 cm³/mol. The first kappa shape index (κ1) is 23.6. The molecule has 6 rings (SSSR count). The molecule has 3 heterocycles. The summed E-state index contributed by atoms with van der Waals surface area (Å²) in [5, 5.41) is 10.6. The minimum absolute atomic E-state index is 0.0625. The largest absolute Gasteiger partial charge is 0.369 e. The Hall–Kier alpha value is -1.83. The first-order chi connectivity index (χ1) is 17.0. The van der Waals surface area contributed by atoms with Crippen LogP contribution < -0.4 is 20.9 Å². The molecule has 0 bridgehead atoms. The Morgan fingerprint density at radius 2 is 1.91 bits per heavy atom. The SMILES string of the molecule is O=C(NC1CC1)c1ccc(N2CCN(CC3CCC4C(C3)NC(=O)C3CCCNC34)CC2)cc1Cl. The van der Waals surface area contributed by atoms with Gasteiger partial charge >= 0.3 is 0 Å². The van der Waals surface area contributed by atoms with E-state index in [2.05, 4.69) is 25.8 Å². The van der Waals surface area contributed by atoms with Gasteiger partial charge in [-0.15, -0.1) is 0 Å². The standard InChI is InChI=1S/C27H38ClN5O2/c28-23-15-19(6-8-20(23)26(34)30-18-4-5-18)33-12-10-32(11-13-33)16-17-3-7-21-24(14-17)31-27(35)22-2-1-9-29-25(21)22/h6,8,15,17-18,21-22,24-25,29H,1-5,7,9-14,16H2,(H,30,34)(H,31,35). The summed E-state index contributed by atoms with van der Waals surface area (Å²) in [7, 11) is 0. The number of carbonyl (C=O) groups excluding carboxylic acids is 2. The number of fused-ring (bicyclic) bond motifs is 3. The number of piperazine rings is 1. The van der Waals surface area contributed by atoms with Crippen LogP contribution in [0.25, 0.3) is 0 Å². The van der Waals surface area contributed by atoms with Gasteiger partial charge in [-0.25, -0.2) is 0 Å². The number of piperidine rings is 2. The number of carbonyl (C=O) groups is 2. The van der Waals surface area contributed by atoms with E-state index in [4.69, 9.17) is 11.6 Å². The van der Waals surface area contributed by atoms with Gasteiger partial charge in [0, 0.05) is 56.5 Å². The summed E-state index contributed by atoms with van der Waals surface area (Å²) in [6, 6.07) is 6.90. The van der Waals surface area contributed by atoms with Crippen molar-refractivity contribution < 1.29 is 9.59 Å². The summed E-state index contributed by atoms with van der Waals surface area (Å²) in [4.78, 5) is 30.0. The van der Waals surface area contributed by atoms with E-state index in [1.54, 1.807) is 0 Å². The third kappa shape index (κ3) is 5.05. The lowest BCUT2D eigenvalue weighted by Gasteiger charge is -2.50. The number of anilines is 1. The topological polar surface area (TPSA) is 76.7 Å². The maximum atomic E-state index is 12.7. The van der Waals surface area contributed by atoms with Crippen molar-refractivity contribution in [1.82, 2.24) is 20.9 Å². The van der Waals surface area contributed by atoms with E-state index in [1.807, 2.05) is 18.2 Å². The zero-order chi connectivity index (χ0) is 23.9. The molecule has 0 radical (unpaired) electrons. The van der Waals surface area contributed by atoms with E-state index in [-0.39, 0.29) is 17.7 Å². The first-order valence-corrected chi connectivity index (χ1v) is 14.0. The van der Waals surface area contributed by atoms with Gasteiger partial charge in [-0.2, -0.15) is 0 Å². The zero-order valence-electron chi connectivity index (χ0n) is 20.5. The van der Waals surface area contributed by atoms with Crippen molar-refractivity contribution in [1.29, 1.82) is 0 Å². The van der Waals surface area contributed by atoms with Gasteiger partial charge in [0.25, 0.3) is 5.91 Å². The van der Waals surface area contributed by atoms with Crippen LogP contribution in [-0.2, 0) is 4.79 Å². The molecule has 3 saturated heterocycles. The molecular formula is C27H38ClN5O2. The van der Waals surface area contributed by atoms with Crippen molar-refractivity contribution in [3.05, 3.63) is 28.8 Å². The molecular weight excluding hydrogens is 462 g/mol. The van der Waals surface area contributed by atoms with Crippen molar-refractivity contribution in [2.24, 2.45) is 17.8 Å². The van der Waals surface area contributed by atoms with Gasteiger partial charge in [-0.3, -0.25) is 14.5 Å². The number of nitrogens with one attached hydrogen (secondary N) is 3. The Balaban J connectivity index is 0.999. The highest BCUT2D eigenvalue weighted by atomic mass is 35.5.